The molecule has 0 saturated heterocycles. The minimum atomic E-state index is 0.600. The van der Waals surface area contributed by atoms with Gasteiger partial charge in [-0.05, 0) is 96.1 Å². The molecule has 8 aromatic carbocycles. The Morgan fingerprint density at radius 1 is 0.327 bits per heavy atom. The van der Waals surface area contributed by atoms with Gasteiger partial charge in [0.25, 0.3) is 0 Å². The molecule has 55 heavy (non-hydrogen) atoms. The number of benzene rings is 8. The summed E-state index contributed by atoms with van der Waals surface area (Å²) in [6, 6.07) is 65.9. The van der Waals surface area contributed by atoms with E-state index in [1.54, 1.807) is 0 Å². The Morgan fingerprint density at radius 2 is 0.782 bits per heavy atom. The maximum Gasteiger partial charge on any atom is 0.0998 e. The van der Waals surface area contributed by atoms with Crippen molar-refractivity contribution >= 4 is 65.4 Å². The van der Waals surface area contributed by atoms with Crippen LogP contribution in [0.1, 0.15) is 11.1 Å². The van der Waals surface area contributed by atoms with E-state index in [9.17, 15) is 10.5 Å². The standard InChI is InChI=1S/C50H29N5/c51-30-32-20-24-49-43(26-32)41-14-3-7-18-47(41)53(49)35-11-9-10-33(27-35)38-23-21-36(28-34(38)31-52)54-48-19-8-4-15-42(48)44-29-37(22-25-50(44)54)55-45-16-5-1-12-39(45)40-13-2-6-17-46(40)55/h1-29H. The number of aromatic nitrogens is 3. The van der Waals surface area contributed by atoms with Crippen LogP contribution >= 0.6 is 0 Å². The van der Waals surface area contributed by atoms with E-state index in [2.05, 4.69) is 159 Å². The van der Waals surface area contributed by atoms with E-state index in [0.717, 1.165) is 71.8 Å². The molecule has 0 N–H and O–H groups in total. The summed E-state index contributed by atoms with van der Waals surface area (Å²) in [5.41, 5.74) is 12.7. The van der Waals surface area contributed by atoms with E-state index >= 15 is 0 Å². The van der Waals surface area contributed by atoms with Crippen LogP contribution in [0.3, 0.4) is 0 Å². The zero-order valence-electron chi connectivity index (χ0n) is 29.5. The smallest absolute Gasteiger partial charge is 0.0998 e. The van der Waals surface area contributed by atoms with Gasteiger partial charge >= 0.3 is 0 Å². The van der Waals surface area contributed by atoms with Crippen LogP contribution in [0.15, 0.2) is 176 Å². The highest BCUT2D eigenvalue weighted by molar-refractivity contribution is 6.13. The van der Waals surface area contributed by atoms with E-state index in [1.807, 2.05) is 42.5 Å². The van der Waals surface area contributed by atoms with Gasteiger partial charge in [-0.1, -0.05) is 91.0 Å². The number of fused-ring (bicyclic) bond motifs is 9. The molecule has 0 unspecified atom stereocenters. The fourth-order valence-corrected chi connectivity index (χ4v) is 8.73. The molecule has 0 radical (unpaired) electrons. The molecule has 11 aromatic rings. The van der Waals surface area contributed by atoms with Crippen LogP contribution in [0.5, 0.6) is 0 Å². The van der Waals surface area contributed by atoms with Crippen molar-refractivity contribution in [1.82, 2.24) is 13.7 Å². The first kappa shape index (κ1) is 30.7. The Kier molecular flexibility index (Phi) is 6.61. The van der Waals surface area contributed by atoms with Gasteiger partial charge in [0.2, 0.25) is 0 Å². The third kappa shape index (κ3) is 4.51. The van der Waals surface area contributed by atoms with E-state index in [1.165, 1.54) is 21.8 Å². The van der Waals surface area contributed by atoms with E-state index in [-0.39, 0.29) is 0 Å². The Labute approximate surface area is 316 Å². The van der Waals surface area contributed by atoms with Crippen molar-refractivity contribution in [3.8, 4) is 40.3 Å². The van der Waals surface area contributed by atoms with E-state index in [0.29, 0.717) is 11.1 Å². The highest BCUT2D eigenvalue weighted by Gasteiger charge is 2.18. The zero-order chi connectivity index (χ0) is 36.6. The maximum absolute atomic E-state index is 10.6. The lowest BCUT2D eigenvalue weighted by Crippen LogP contribution is -1.98. The van der Waals surface area contributed by atoms with Crippen LogP contribution in [0.2, 0.25) is 0 Å². The molecular weight excluding hydrogens is 671 g/mol. The fourth-order valence-electron chi connectivity index (χ4n) is 8.73. The van der Waals surface area contributed by atoms with Gasteiger partial charge in [-0.25, -0.2) is 0 Å². The van der Waals surface area contributed by atoms with Crippen molar-refractivity contribution in [3.63, 3.8) is 0 Å². The molecule has 0 spiro atoms. The fraction of sp³-hybridized carbons (Fsp3) is 0. The summed E-state index contributed by atoms with van der Waals surface area (Å²) in [6.45, 7) is 0. The lowest BCUT2D eigenvalue weighted by Gasteiger charge is -2.13. The van der Waals surface area contributed by atoms with Crippen LogP contribution < -0.4 is 0 Å². The summed E-state index contributed by atoms with van der Waals surface area (Å²) in [7, 11) is 0. The number of hydrogen-bond donors (Lipinski definition) is 0. The van der Waals surface area contributed by atoms with Crippen molar-refractivity contribution < 1.29 is 0 Å². The van der Waals surface area contributed by atoms with Gasteiger partial charge in [-0.2, -0.15) is 10.5 Å². The molecule has 3 heterocycles. The van der Waals surface area contributed by atoms with Crippen molar-refractivity contribution in [2.75, 3.05) is 0 Å². The van der Waals surface area contributed by atoms with Crippen LogP contribution in [-0.4, -0.2) is 13.7 Å². The molecule has 0 bridgehead atoms. The number of rotatable bonds is 4. The molecule has 0 saturated carbocycles. The number of hydrogen-bond acceptors (Lipinski definition) is 2. The minimum Gasteiger partial charge on any atom is -0.309 e. The lowest BCUT2D eigenvalue weighted by atomic mass is 9.99. The SMILES string of the molecule is N#Cc1ccc2c(c1)c1ccccc1n2-c1cccc(-c2ccc(-n3c4ccccc4c4cc(-n5c6ccccc6c6ccccc65)ccc43)cc2C#N)c1. The average Bonchev–Trinajstić information content (AvgIpc) is 3.88. The summed E-state index contributed by atoms with van der Waals surface area (Å²) in [5.74, 6) is 0. The Balaban J connectivity index is 1.06. The third-order valence-corrected chi connectivity index (χ3v) is 11.1. The minimum absolute atomic E-state index is 0.600. The predicted molar refractivity (Wildman–Crippen MR) is 224 cm³/mol. The lowest BCUT2D eigenvalue weighted by molar-refractivity contribution is 1.16. The summed E-state index contributed by atoms with van der Waals surface area (Å²) in [5, 5.41) is 27.2. The van der Waals surface area contributed by atoms with Gasteiger partial charge in [-0.15, -0.1) is 0 Å². The second-order valence-electron chi connectivity index (χ2n) is 14.0. The predicted octanol–water partition coefficient (Wildman–Crippen LogP) is 12.4. The topological polar surface area (TPSA) is 62.4 Å². The van der Waals surface area contributed by atoms with Crippen molar-refractivity contribution in [1.29, 1.82) is 10.5 Å². The maximum atomic E-state index is 10.6. The molecule has 0 aliphatic rings. The van der Waals surface area contributed by atoms with Crippen LogP contribution in [-0.2, 0) is 0 Å². The average molecular weight is 700 g/mol. The van der Waals surface area contributed by atoms with Gasteiger partial charge < -0.3 is 13.7 Å². The summed E-state index contributed by atoms with van der Waals surface area (Å²) in [4.78, 5) is 0. The van der Waals surface area contributed by atoms with Crippen LogP contribution in [0, 0.1) is 22.7 Å². The van der Waals surface area contributed by atoms with Crippen LogP contribution in [0.25, 0.3) is 93.6 Å². The van der Waals surface area contributed by atoms with Gasteiger partial charge in [0.1, 0.15) is 0 Å². The molecule has 3 aromatic heterocycles. The molecule has 11 rings (SSSR count). The molecular formula is C50H29N5. The van der Waals surface area contributed by atoms with Gasteiger partial charge in [-0.3, -0.25) is 0 Å². The molecule has 0 aliphatic carbocycles. The first-order valence-corrected chi connectivity index (χ1v) is 18.3. The van der Waals surface area contributed by atoms with Crippen molar-refractivity contribution in [3.05, 3.63) is 187 Å². The molecule has 0 aliphatic heterocycles. The molecule has 254 valence electrons. The summed E-state index contributed by atoms with van der Waals surface area (Å²) < 4.78 is 6.87. The molecule has 5 heteroatoms. The third-order valence-electron chi connectivity index (χ3n) is 11.1. The molecule has 0 amide bonds. The first-order chi connectivity index (χ1) is 27.2. The largest absolute Gasteiger partial charge is 0.309 e. The van der Waals surface area contributed by atoms with Crippen molar-refractivity contribution in [2.24, 2.45) is 0 Å². The number of nitriles is 2. The normalized spacial score (nSPS) is 11.6. The number of nitrogens with zero attached hydrogens (tertiary/aromatic N) is 5. The van der Waals surface area contributed by atoms with E-state index < -0.39 is 0 Å². The first-order valence-electron chi connectivity index (χ1n) is 18.3. The van der Waals surface area contributed by atoms with E-state index in [4.69, 9.17) is 0 Å². The van der Waals surface area contributed by atoms with Crippen LogP contribution in [0.4, 0.5) is 0 Å². The highest BCUT2D eigenvalue weighted by atomic mass is 15.0. The zero-order valence-corrected chi connectivity index (χ0v) is 29.5. The van der Waals surface area contributed by atoms with Crippen molar-refractivity contribution in [2.45, 2.75) is 0 Å². The second kappa shape index (κ2) is 11.8. The Hall–Kier alpha value is -7.86. The molecule has 0 fully saturated rings. The Bertz CT molecular complexity index is 3420. The highest BCUT2D eigenvalue weighted by Crippen LogP contribution is 2.39. The second-order valence-corrected chi connectivity index (χ2v) is 14.0. The van der Waals surface area contributed by atoms with Gasteiger partial charge in [0.05, 0.1) is 56.4 Å². The Morgan fingerprint density at radius 3 is 1.35 bits per heavy atom. The molecule has 5 nitrogen and oxygen atoms in total. The quantitative estimate of drug-likeness (QED) is 0.184. The monoisotopic (exact) mass is 699 g/mol. The van der Waals surface area contributed by atoms with Gasteiger partial charge in [0, 0.05) is 49.4 Å². The van der Waals surface area contributed by atoms with Gasteiger partial charge in [0.15, 0.2) is 0 Å². The summed E-state index contributed by atoms with van der Waals surface area (Å²) >= 11 is 0. The number of para-hydroxylation sites is 4. The summed E-state index contributed by atoms with van der Waals surface area (Å²) in [6.07, 6.45) is 0. The molecule has 0 atom stereocenters.